The number of anilines is 1. The van der Waals surface area contributed by atoms with Crippen molar-refractivity contribution in [3.63, 3.8) is 0 Å². The van der Waals surface area contributed by atoms with Crippen LogP contribution in [0.3, 0.4) is 0 Å². The van der Waals surface area contributed by atoms with Crippen LogP contribution in [0.2, 0.25) is 5.28 Å². The van der Waals surface area contributed by atoms with Gasteiger partial charge in [0.25, 0.3) is 10.0 Å². The molecular weight excluding hydrogens is 306 g/mol. The Hall–Kier alpha value is -1.31. The van der Waals surface area contributed by atoms with Crippen molar-refractivity contribution in [3.8, 4) is 0 Å². The zero-order valence-electron chi connectivity index (χ0n) is 9.87. The van der Waals surface area contributed by atoms with Crippen molar-refractivity contribution < 1.29 is 8.42 Å². The summed E-state index contributed by atoms with van der Waals surface area (Å²) in [5.41, 5.74) is 0.479. The van der Waals surface area contributed by atoms with E-state index in [1.807, 2.05) is 18.4 Å². The number of nitrogens with zero attached hydrogens (tertiary/aromatic N) is 2. The third-order valence-corrected chi connectivity index (χ3v) is 4.52. The van der Waals surface area contributed by atoms with Crippen LogP contribution in [0.4, 0.5) is 5.69 Å². The van der Waals surface area contributed by atoms with Gasteiger partial charge in [0, 0.05) is 10.6 Å². The van der Waals surface area contributed by atoms with E-state index >= 15 is 0 Å². The molecule has 0 radical (unpaired) electrons. The Balaban J connectivity index is 2.23. The second-order valence-electron chi connectivity index (χ2n) is 3.52. The molecular formula is C11H10ClN3O2S2. The van der Waals surface area contributed by atoms with Gasteiger partial charge in [-0.25, -0.2) is 18.4 Å². The molecule has 2 rings (SSSR count). The van der Waals surface area contributed by atoms with E-state index in [1.165, 1.54) is 0 Å². The summed E-state index contributed by atoms with van der Waals surface area (Å²) >= 11 is 7.10. The molecule has 0 atom stereocenters. The molecule has 5 nitrogen and oxygen atoms in total. The van der Waals surface area contributed by atoms with E-state index in [0.29, 0.717) is 5.69 Å². The zero-order chi connectivity index (χ0) is 13.9. The number of hydrogen-bond donors (Lipinski definition) is 1. The fraction of sp³-hybridized carbons (Fsp3) is 0.0909. The van der Waals surface area contributed by atoms with E-state index in [4.69, 9.17) is 11.6 Å². The fourth-order valence-corrected chi connectivity index (χ4v) is 2.77. The lowest BCUT2D eigenvalue weighted by Gasteiger charge is -2.07. The molecule has 0 aliphatic rings. The van der Waals surface area contributed by atoms with Gasteiger partial charge >= 0.3 is 0 Å². The van der Waals surface area contributed by atoms with Crippen LogP contribution < -0.4 is 4.72 Å². The quantitative estimate of drug-likeness (QED) is 0.693. The predicted molar refractivity (Wildman–Crippen MR) is 76.1 cm³/mol. The van der Waals surface area contributed by atoms with Gasteiger partial charge in [-0.3, -0.25) is 4.72 Å². The van der Waals surface area contributed by atoms with Crippen LogP contribution in [-0.2, 0) is 10.0 Å². The van der Waals surface area contributed by atoms with E-state index in [1.54, 1.807) is 23.9 Å². The maximum atomic E-state index is 12.0. The molecule has 0 bridgehead atoms. The smallest absolute Gasteiger partial charge is 0.264 e. The summed E-state index contributed by atoms with van der Waals surface area (Å²) < 4.78 is 26.5. The number of halogens is 1. The Morgan fingerprint density at radius 3 is 2.26 bits per heavy atom. The molecule has 0 saturated carbocycles. The van der Waals surface area contributed by atoms with Crippen LogP contribution in [0, 0.1) is 0 Å². The van der Waals surface area contributed by atoms with E-state index in [9.17, 15) is 8.42 Å². The van der Waals surface area contributed by atoms with Crippen molar-refractivity contribution in [2.75, 3.05) is 11.0 Å². The minimum atomic E-state index is -3.69. The van der Waals surface area contributed by atoms with Crippen LogP contribution in [-0.4, -0.2) is 24.6 Å². The molecule has 0 aliphatic carbocycles. The number of sulfonamides is 1. The molecule has 0 spiro atoms. The summed E-state index contributed by atoms with van der Waals surface area (Å²) in [6, 6.07) is 7.06. The minimum Gasteiger partial charge on any atom is -0.280 e. The maximum Gasteiger partial charge on any atom is 0.264 e. The molecule has 0 aliphatic heterocycles. The Kier molecular flexibility index (Phi) is 4.28. The third kappa shape index (κ3) is 3.59. The first kappa shape index (κ1) is 14.1. The Labute approximate surface area is 120 Å². The van der Waals surface area contributed by atoms with Crippen LogP contribution in [0.25, 0.3) is 0 Å². The Morgan fingerprint density at radius 2 is 1.74 bits per heavy atom. The van der Waals surface area contributed by atoms with Gasteiger partial charge in [0.15, 0.2) is 0 Å². The predicted octanol–water partition coefficient (Wildman–Crippen LogP) is 2.65. The van der Waals surface area contributed by atoms with Gasteiger partial charge in [-0.1, -0.05) is 0 Å². The highest BCUT2D eigenvalue weighted by atomic mass is 35.5. The summed E-state index contributed by atoms with van der Waals surface area (Å²) in [6.45, 7) is 0. The lowest BCUT2D eigenvalue weighted by molar-refractivity contribution is 0.600. The molecule has 1 aromatic carbocycles. The highest BCUT2D eigenvalue weighted by Gasteiger charge is 2.15. The van der Waals surface area contributed by atoms with E-state index in [0.717, 1.165) is 17.3 Å². The van der Waals surface area contributed by atoms with Crippen molar-refractivity contribution in [1.82, 2.24) is 9.97 Å². The summed E-state index contributed by atoms with van der Waals surface area (Å²) in [7, 11) is -3.69. The normalized spacial score (nSPS) is 11.3. The monoisotopic (exact) mass is 315 g/mol. The molecule has 1 N–H and O–H groups in total. The average molecular weight is 316 g/mol. The Morgan fingerprint density at radius 1 is 1.16 bits per heavy atom. The Bertz CT molecular complexity index is 657. The molecule has 19 heavy (non-hydrogen) atoms. The van der Waals surface area contributed by atoms with Crippen molar-refractivity contribution in [1.29, 1.82) is 0 Å². The largest absolute Gasteiger partial charge is 0.280 e. The van der Waals surface area contributed by atoms with Crippen LogP contribution in [0.1, 0.15) is 0 Å². The van der Waals surface area contributed by atoms with Gasteiger partial charge in [0.05, 0.1) is 12.4 Å². The van der Waals surface area contributed by atoms with E-state index in [2.05, 4.69) is 14.7 Å². The summed E-state index contributed by atoms with van der Waals surface area (Å²) in [5.74, 6) is 0. The first-order valence-electron chi connectivity index (χ1n) is 5.16. The number of nitrogens with one attached hydrogen (secondary N) is 1. The lowest BCUT2D eigenvalue weighted by Crippen LogP contribution is -2.13. The van der Waals surface area contributed by atoms with Crippen LogP contribution >= 0.6 is 23.4 Å². The minimum absolute atomic E-state index is 0.00303. The molecule has 1 aromatic heterocycles. The molecule has 100 valence electrons. The van der Waals surface area contributed by atoms with Crippen LogP contribution in [0.5, 0.6) is 0 Å². The van der Waals surface area contributed by atoms with Crippen molar-refractivity contribution >= 4 is 39.1 Å². The average Bonchev–Trinajstić information content (AvgIpc) is 2.40. The number of rotatable bonds is 4. The first-order valence-corrected chi connectivity index (χ1v) is 8.24. The molecule has 1 heterocycles. The summed E-state index contributed by atoms with van der Waals surface area (Å²) in [5, 5.41) is 0.00303. The SMILES string of the molecule is CSc1ccc(NS(=O)(=O)c2cnc(Cl)nc2)cc1. The molecule has 2 aromatic rings. The molecule has 0 amide bonds. The maximum absolute atomic E-state index is 12.0. The number of benzene rings is 1. The highest BCUT2D eigenvalue weighted by molar-refractivity contribution is 7.98. The fourth-order valence-electron chi connectivity index (χ4n) is 1.31. The molecule has 0 fully saturated rings. The molecule has 0 saturated heterocycles. The standard InChI is InChI=1S/C11H10ClN3O2S2/c1-18-9-4-2-8(3-5-9)15-19(16,17)10-6-13-11(12)14-7-10/h2-7,15H,1H3. The van der Waals surface area contributed by atoms with Crippen molar-refractivity contribution in [3.05, 3.63) is 41.9 Å². The van der Waals surface area contributed by atoms with Gasteiger partial charge < -0.3 is 0 Å². The number of aromatic nitrogens is 2. The van der Waals surface area contributed by atoms with Gasteiger partial charge in [0.2, 0.25) is 5.28 Å². The summed E-state index contributed by atoms with van der Waals surface area (Å²) in [6.07, 6.45) is 4.27. The second kappa shape index (κ2) is 5.77. The summed E-state index contributed by atoms with van der Waals surface area (Å²) in [4.78, 5) is 8.31. The zero-order valence-corrected chi connectivity index (χ0v) is 12.3. The number of thioether (sulfide) groups is 1. The van der Waals surface area contributed by atoms with E-state index in [-0.39, 0.29) is 10.2 Å². The van der Waals surface area contributed by atoms with Crippen LogP contribution in [0.15, 0.2) is 46.5 Å². The van der Waals surface area contributed by atoms with Gasteiger partial charge in [-0.05, 0) is 42.1 Å². The lowest BCUT2D eigenvalue weighted by atomic mass is 10.3. The van der Waals surface area contributed by atoms with Gasteiger partial charge in [-0.2, -0.15) is 0 Å². The highest BCUT2D eigenvalue weighted by Crippen LogP contribution is 2.20. The van der Waals surface area contributed by atoms with Crippen molar-refractivity contribution in [2.24, 2.45) is 0 Å². The van der Waals surface area contributed by atoms with E-state index < -0.39 is 10.0 Å². The third-order valence-electron chi connectivity index (χ3n) is 2.25. The molecule has 0 unspecified atom stereocenters. The first-order chi connectivity index (χ1) is 9.01. The topological polar surface area (TPSA) is 72.0 Å². The van der Waals surface area contributed by atoms with Crippen molar-refractivity contribution in [2.45, 2.75) is 9.79 Å². The van der Waals surface area contributed by atoms with Gasteiger partial charge in [0.1, 0.15) is 4.90 Å². The second-order valence-corrected chi connectivity index (χ2v) is 6.42. The molecule has 8 heteroatoms. The van der Waals surface area contributed by atoms with Gasteiger partial charge in [-0.15, -0.1) is 11.8 Å². The number of hydrogen-bond acceptors (Lipinski definition) is 5.